The summed E-state index contributed by atoms with van der Waals surface area (Å²) < 4.78 is 0. The predicted molar refractivity (Wildman–Crippen MR) is 75.9 cm³/mol. The Labute approximate surface area is 105 Å². The average molecular weight is 251 g/mol. The van der Waals surface area contributed by atoms with E-state index in [-0.39, 0.29) is 0 Å². The van der Waals surface area contributed by atoms with E-state index in [2.05, 4.69) is 56.3 Å². The molecule has 0 amide bonds. The number of nitrogens with zero attached hydrogens (tertiary/aromatic N) is 1. The number of thiophene rings is 2. The molecule has 2 aromatic rings. The lowest BCUT2D eigenvalue weighted by Gasteiger charge is -2.23. The third-order valence-corrected chi connectivity index (χ3v) is 4.78. The van der Waals surface area contributed by atoms with Crippen LogP contribution in [0.5, 0.6) is 0 Å². The Hall–Kier alpha value is -0.800. The summed E-state index contributed by atoms with van der Waals surface area (Å²) in [6, 6.07) is 7.18. The molecule has 86 valence electrons. The highest BCUT2D eigenvalue weighted by Gasteiger charge is 2.14. The van der Waals surface area contributed by atoms with Gasteiger partial charge in [0.25, 0.3) is 0 Å². The highest BCUT2D eigenvalue weighted by atomic mass is 32.1. The van der Waals surface area contributed by atoms with Crippen molar-refractivity contribution in [1.82, 2.24) is 0 Å². The van der Waals surface area contributed by atoms with Gasteiger partial charge in [0.1, 0.15) is 0 Å². The van der Waals surface area contributed by atoms with E-state index in [1.54, 1.807) is 0 Å². The van der Waals surface area contributed by atoms with E-state index in [1.165, 1.54) is 20.3 Å². The molecule has 2 aromatic heterocycles. The SMILES string of the molecule is Cc1ccc(-c2ccsc2N(C)C(C)C)s1. The van der Waals surface area contributed by atoms with Crippen molar-refractivity contribution in [3.8, 4) is 10.4 Å². The number of rotatable bonds is 3. The van der Waals surface area contributed by atoms with Crippen molar-refractivity contribution in [2.75, 3.05) is 11.9 Å². The smallest absolute Gasteiger partial charge is 0.0996 e. The Morgan fingerprint density at radius 3 is 2.50 bits per heavy atom. The maximum atomic E-state index is 2.34. The van der Waals surface area contributed by atoms with Crippen LogP contribution < -0.4 is 4.90 Å². The van der Waals surface area contributed by atoms with Gasteiger partial charge in [0.2, 0.25) is 0 Å². The Morgan fingerprint density at radius 2 is 1.94 bits per heavy atom. The molecule has 0 spiro atoms. The summed E-state index contributed by atoms with van der Waals surface area (Å²) in [7, 11) is 2.17. The first kappa shape index (κ1) is 11.7. The van der Waals surface area contributed by atoms with E-state index >= 15 is 0 Å². The summed E-state index contributed by atoms with van der Waals surface area (Å²) in [6.07, 6.45) is 0. The zero-order chi connectivity index (χ0) is 11.7. The Bertz CT molecular complexity index is 468. The molecule has 1 nitrogen and oxygen atoms in total. The van der Waals surface area contributed by atoms with Crippen LogP contribution in [0.3, 0.4) is 0 Å². The average Bonchev–Trinajstić information content (AvgIpc) is 2.83. The van der Waals surface area contributed by atoms with E-state index in [1.807, 2.05) is 22.7 Å². The van der Waals surface area contributed by atoms with E-state index in [0.29, 0.717) is 6.04 Å². The summed E-state index contributed by atoms with van der Waals surface area (Å²) in [5.74, 6) is 0. The topological polar surface area (TPSA) is 3.24 Å². The maximum absolute atomic E-state index is 2.34. The van der Waals surface area contributed by atoms with Crippen molar-refractivity contribution in [2.45, 2.75) is 26.8 Å². The van der Waals surface area contributed by atoms with Crippen molar-refractivity contribution in [3.05, 3.63) is 28.5 Å². The van der Waals surface area contributed by atoms with Gasteiger partial charge in [0.15, 0.2) is 0 Å². The summed E-state index contributed by atoms with van der Waals surface area (Å²) in [5.41, 5.74) is 1.37. The Balaban J connectivity index is 2.39. The van der Waals surface area contributed by atoms with Gasteiger partial charge in [0.05, 0.1) is 5.00 Å². The molecule has 0 aliphatic carbocycles. The van der Waals surface area contributed by atoms with Crippen LogP contribution >= 0.6 is 22.7 Å². The van der Waals surface area contributed by atoms with Gasteiger partial charge < -0.3 is 4.90 Å². The summed E-state index contributed by atoms with van der Waals surface area (Å²) in [5, 5.41) is 3.55. The van der Waals surface area contributed by atoms with Crippen LogP contribution in [0.4, 0.5) is 5.00 Å². The molecule has 0 N–H and O–H groups in total. The first-order chi connectivity index (χ1) is 7.59. The molecule has 0 radical (unpaired) electrons. The second-order valence-corrected chi connectivity index (χ2v) is 6.44. The van der Waals surface area contributed by atoms with Gasteiger partial charge in [-0.15, -0.1) is 22.7 Å². The molecule has 2 rings (SSSR count). The molecule has 0 saturated heterocycles. The second-order valence-electron chi connectivity index (χ2n) is 4.25. The van der Waals surface area contributed by atoms with Crippen LogP contribution in [0.15, 0.2) is 23.6 Å². The summed E-state index contributed by atoms with van der Waals surface area (Å²) in [4.78, 5) is 5.09. The number of anilines is 1. The molecule has 0 aliphatic heterocycles. The Kier molecular flexibility index (Phi) is 3.36. The Morgan fingerprint density at radius 1 is 1.19 bits per heavy atom. The summed E-state index contributed by atoms with van der Waals surface area (Å²) in [6.45, 7) is 6.61. The zero-order valence-corrected chi connectivity index (χ0v) is 11.8. The lowest BCUT2D eigenvalue weighted by atomic mass is 10.2. The molecular formula is C13H17NS2. The van der Waals surface area contributed by atoms with Crippen LogP contribution in [0.25, 0.3) is 10.4 Å². The van der Waals surface area contributed by atoms with Gasteiger partial charge in [0, 0.05) is 28.4 Å². The number of hydrogen-bond donors (Lipinski definition) is 0. The van der Waals surface area contributed by atoms with Crippen LogP contribution in [0.2, 0.25) is 0 Å². The van der Waals surface area contributed by atoms with Gasteiger partial charge in [-0.2, -0.15) is 0 Å². The van der Waals surface area contributed by atoms with Gasteiger partial charge in [-0.25, -0.2) is 0 Å². The van der Waals surface area contributed by atoms with Crippen molar-refractivity contribution in [1.29, 1.82) is 0 Å². The third kappa shape index (κ3) is 2.15. The van der Waals surface area contributed by atoms with Crippen molar-refractivity contribution in [3.63, 3.8) is 0 Å². The fourth-order valence-electron chi connectivity index (χ4n) is 1.58. The minimum atomic E-state index is 0.540. The third-order valence-electron chi connectivity index (χ3n) is 2.75. The fourth-order valence-corrected chi connectivity index (χ4v) is 3.55. The number of aryl methyl sites for hydroxylation is 1. The molecule has 0 saturated carbocycles. The van der Waals surface area contributed by atoms with Gasteiger partial charge >= 0.3 is 0 Å². The molecule has 3 heteroatoms. The molecule has 0 aliphatic rings. The molecule has 0 unspecified atom stereocenters. The minimum absolute atomic E-state index is 0.540. The van der Waals surface area contributed by atoms with Crippen molar-refractivity contribution >= 4 is 27.7 Å². The molecule has 0 bridgehead atoms. The molecule has 16 heavy (non-hydrogen) atoms. The second kappa shape index (κ2) is 4.60. The maximum Gasteiger partial charge on any atom is 0.0996 e. The van der Waals surface area contributed by atoms with Gasteiger partial charge in [-0.05, 0) is 44.4 Å². The molecule has 0 fully saturated rings. The quantitative estimate of drug-likeness (QED) is 0.769. The van der Waals surface area contributed by atoms with Crippen LogP contribution in [-0.2, 0) is 0 Å². The standard InChI is InChI=1S/C13H17NS2/c1-9(2)14(4)13-11(7-8-15-13)12-6-5-10(3)16-12/h5-9H,1-4H3. The molecule has 0 aromatic carbocycles. The highest BCUT2D eigenvalue weighted by Crippen LogP contribution is 2.39. The first-order valence-corrected chi connectivity index (χ1v) is 7.16. The van der Waals surface area contributed by atoms with Gasteiger partial charge in [-0.3, -0.25) is 0 Å². The van der Waals surface area contributed by atoms with Gasteiger partial charge in [-0.1, -0.05) is 0 Å². The lowest BCUT2D eigenvalue weighted by molar-refractivity contribution is 0.761. The monoisotopic (exact) mass is 251 g/mol. The zero-order valence-electron chi connectivity index (χ0n) is 10.2. The van der Waals surface area contributed by atoms with Crippen LogP contribution in [0.1, 0.15) is 18.7 Å². The molecule has 2 heterocycles. The summed E-state index contributed by atoms with van der Waals surface area (Å²) >= 11 is 3.69. The van der Waals surface area contributed by atoms with Crippen LogP contribution in [0, 0.1) is 6.92 Å². The van der Waals surface area contributed by atoms with Crippen molar-refractivity contribution < 1.29 is 0 Å². The normalized spacial score (nSPS) is 11.1. The molecular weight excluding hydrogens is 234 g/mol. The first-order valence-electron chi connectivity index (χ1n) is 5.46. The fraction of sp³-hybridized carbons (Fsp3) is 0.385. The van der Waals surface area contributed by atoms with E-state index in [4.69, 9.17) is 0 Å². The van der Waals surface area contributed by atoms with E-state index < -0.39 is 0 Å². The lowest BCUT2D eigenvalue weighted by Crippen LogP contribution is -2.24. The van der Waals surface area contributed by atoms with E-state index in [9.17, 15) is 0 Å². The predicted octanol–water partition coefficient (Wildman–Crippen LogP) is 4.63. The van der Waals surface area contributed by atoms with Crippen molar-refractivity contribution in [2.24, 2.45) is 0 Å². The minimum Gasteiger partial charge on any atom is -0.364 e. The highest BCUT2D eigenvalue weighted by molar-refractivity contribution is 7.17. The van der Waals surface area contributed by atoms with Crippen LogP contribution in [-0.4, -0.2) is 13.1 Å². The molecule has 0 atom stereocenters. The largest absolute Gasteiger partial charge is 0.364 e. The van der Waals surface area contributed by atoms with E-state index in [0.717, 1.165) is 0 Å². The number of hydrogen-bond acceptors (Lipinski definition) is 3.